The van der Waals surface area contributed by atoms with E-state index in [4.69, 9.17) is 0 Å². The highest BCUT2D eigenvalue weighted by atomic mass is 16.2. The van der Waals surface area contributed by atoms with Gasteiger partial charge in [0.05, 0.1) is 5.57 Å². The SMILES string of the molecule is CC(=O)C1=C(C)NC2N=NC(=O)C2=C1. The Hall–Kier alpha value is -1.78. The number of carbonyl (C=O) groups is 2. The number of azo groups is 1. The molecule has 72 valence electrons. The second-order valence-corrected chi connectivity index (χ2v) is 3.26. The first-order valence-corrected chi connectivity index (χ1v) is 4.24. The molecule has 0 saturated carbocycles. The Bertz CT molecular complexity index is 418. The molecule has 2 heterocycles. The molecule has 14 heavy (non-hydrogen) atoms. The van der Waals surface area contributed by atoms with Gasteiger partial charge in [-0.3, -0.25) is 9.59 Å². The lowest BCUT2D eigenvalue weighted by Crippen LogP contribution is -2.31. The number of hydrogen-bond acceptors (Lipinski definition) is 4. The molecule has 1 amide bonds. The van der Waals surface area contributed by atoms with Crippen LogP contribution in [0.15, 0.2) is 33.1 Å². The van der Waals surface area contributed by atoms with Crippen molar-refractivity contribution in [2.75, 3.05) is 0 Å². The zero-order valence-electron chi connectivity index (χ0n) is 7.87. The Morgan fingerprint density at radius 1 is 1.57 bits per heavy atom. The summed E-state index contributed by atoms with van der Waals surface area (Å²) in [6, 6.07) is 0. The van der Waals surface area contributed by atoms with Crippen LogP contribution in [-0.4, -0.2) is 17.9 Å². The normalized spacial score (nSPS) is 24.6. The molecule has 1 atom stereocenters. The largest absolute Gasteiger partial charge is 0.361 e. The molecule has 0 aromatic carbocycles. The number of carbonyl (C=O) groups excluding carboxylic acids is 2. The van der Waals surface area contributed by atoms with Gasteiger partial charge in [0, 0.05) is 11.3 Å². The first-order chi connectivity index (χ1) is 6.59. The summed E-state index contributed by atoms with van der Waals surface area (Å²) in [4.78, 5) is 22.4. The number of nitrogens with one attached hydrogen (secondary N) is 1. The Kier molecular flexibility index (Phi) is 1.80. The number of nitrogens with zero attached hydrogens (tertiary/aromatic N) is 2. The summed E-state index contributed by atoms with van der Waals surface area (Å²) >= 11 is 0. The average molecular weight is 191 g/mol. The number of dihydropyridines is 1. The minimum Gasteiger partial charge on any atom is -0.361 e. The van der Waals surface area contributed by atoms with E-state index in [1.807, 2.05) is 0 Å². The minimum atomic E-state index is -0.398. The van der Waals surface area contributed by atoms with Crippen molar-refractivity contribution < 1.29 is 9.59 Å². The first-order valence-electron chi connectivity index (χ1n) is 4.24. The lowest BCUT2D eigenvalue weighted by Gasteiger charge is -2.19. The molecule has 0 saturated heterocycles. The molecule has 0 fully saturated rings. The monoisotopic (exact) mass is 191 g/mol. The maximum absolute atomic E-state index is 11.2. The van der Waals surface area contributed by atoms with Gasteiger partial charge in [-0.2, -0.15) is 5.11 Å². The van der Waals surface area contributed by atoms with Crippen LogP contribution in [0.5, 0.6) is 0 Å². The zero-order chi connectivity index (χ0) is 10.3. The van der Waals surface area contributed by atoms with Crippen molar-refractivity contribution in [3.8, 4) is 0 Å². The third kappa shape index (κ3) is 1.17. The maximum atomic E-state index is 11.2. The molecule has 2 rings (SSSR count). The summed E-state index contributed by atoms with van der Waals surface area (Å²) in [6.07, 6.45) is 1.17. The maximum Gasteiger partial charge on any atom is 0.295 e. The van der Waals surface area contributed by atoms with Crippen LogP contribution in [0.25, 0.3) is 0 Å². The standard InChI is InChI=1S/C9H9N3O2/c1-4-6(5(2)13)3-7-8(10-4)11-12-9(7)14/h3,8,10H,1-2H3. The van der Waals surface area contributed by atoms with Gasteiger partial charge in [0.1, 0.15) is 0 Å². The molecule has 0 radical (unpaired) electrons. The number of allylic oxidation sites excluding steroid dienone is 3. The molecular weight excluding hydrogens is 182 g/mol. The summed E-state index contributed by atoms with van der Waals surface area (Å²) < 4.78 is 0. The quantitative estimate of drug-likeness (QED) is 0.663. The van der Waals surface area contributed by atoms with Crippen LogP contribution in [0.3, 0.4) is 0 Å². The highest BCUT2D eigenvalue weighted by Crippen LogP contribution is 2.24. The highest BCUT2D eigenvalue weighted by Gasteiger charge is 2.31. The lowest BCUT2D eigenvalue weighted by molar-refractivity contribution is -0.114. The van der Waals surface area contributed by atoms with E-state index in [1.165, 1.54) is 6.92 Å². The number of hydrogen-bond donors (Lipinski definition) is 1. The smallest absolute Gasteiger partial charge is 0.295 e. The van der Waals surface area contributed by atoms with E-state index < -0.39 is 6.17 Å². The molecule has 5 nitrogen and oxygen atoms in total. The molecule has 1 unspecified atom stereocenters. The van der Waals surface area contributed by atoms with E-state index in [2.05, 4.69) is 15.5 Å². The Morgan fingerprint density at radius 3 is 2.93 bits per heavy atom. The average Bonchev–Trinajstić information content (AvgIpc) is 2.46. The van der Waals surface area contributed by atoms with Gasteiger partial charge in [0.15, 0.2) is 11.9 Å². The van der Waals surface area contributed by atoms with Crippen molar-refractivity contribution in [2.24, 2.45) is 10.2 Å². The van der Waals surface area contributed by atoms with Crippen molar-refractivity contribution in [1.29, 1.82) is 0 Å². The summed E-state index contributed by atoms with van der Waals surface area (Å²) in [6.45, 7) is 3.24. The molecule has 0 bridgehead atoms. The van der Waals surface area contributed by atoms with Crippen molar-refractivity contribution >= 4 is 11.7 Å². The van der Waals surface area contributed by atoms with Gasteiger partial charge in [-0.05, 0) is 19.9 Å². The molecule has 1 N–H and O–H groups in total. The molecule has 5 heteroatoms. The van der Waals surface area contributed by atoms with Gasteiger partial charge in [0.2, 0.25) is 0 Å². The van der Waals surface area contributed by atoms with Crippen LogP contribution in [0.2, 0.25) is 0 Å². The van der Waals surface area contributed by atoms with Crippen molar-refractivity contribution in [3.05, 3.63) is 22.9 Å². The molecule has 2 aliphatic heterocycles. The van der Waals surface area contributed by atoms with Crippen LogP contribution in [-0.2, 0) is 9.59 Å². The number of fused-ring (bicyclic) bond motifs is 1. The minimum absolute atomic E-state index is 0.0688. The van der Waals surface area contributed by atoms with E-state index in [9.17, 15) is 9.59 Å². The number of Topliss-reactive ketones (excluding diaryl/α,β-unsaturated/α-hetero) is 1. The molecular formula is C9H9N3O2. The van der Waals surface area contributed by atoms with Crippen LogP contribution in [0.1, 0.15) is 13.8 Å². The second-order valence-electron chi connectivity index (χ2n) is 3.26. The van der Waals surface area contributed by atoms with Crippen molar-refractivity contribution in [3.63, 3.8) is 0 Å². The van der Waals surface area contributed by atoms with E-state index in [0.717, 1.165) is 5.70 Å². The fourth-order valence-corrected chi connectivity index (χ4v) is 1.51. The van der Waals surface area contributed by atoms with Gasteiger partial charge >= 0.3 is 0 Å². The van der Waals surface area contributed by atoms with Gasteiger partial charge < -0.3 is 5.32 Å². The van der Waals surface area contributed by atoms with Gasteiger partial charge in [-0.15, -0.1) is 5.11 Å². The number of amides is 1. The van der Waals surface area contributed by atoms with Crippen LogP contribution in [0.4, 0.5) is 0 Å². The molecule has 0 aromatic heterocycles. The third-order valence-electron chi connectivity index (χ3n) is 2.24. The fraction of sp³-hybridized carbons (Fsp3) is 0.333. The van der Waals surface area contributed by atoms with Crippen molar-refractivity contribution in [1.82, 2.24) is 5.32 Å². The predicted molar refractivity (Wildman–Crippen MR) is 48.3 cm³/mol. The van der Waals surface area contributed by atoms with Gasteiger partial charge in [-0.1, -0.05) is 0 Å². The Morgan fingerprint density at radius 2 is 2.29 bits per heavy atom. The van der Waals surface area contributed by atoms with E-state index in [0.29, 0.717) is 11.1 Å². The molecule has 0 aromatic rings. The summed E-state index contributed by atoms with van der Waals surface area (Å²) in [5.74, 6) is -0.436. The lowest BCUT2D eigenvalue weighted by atomic mass is 10.0. The highest BCUT2D eigenvalue weighted by molar-refractivity contribution is 6.03. The summed E-state index contributed by atoms with van der Waals surface area (Å²) in [5, 5.41) is 10.1. The van der Waals surface area contributed by atoms with E-state index in [1.54, 1.807) is 13.0 Å². The topological polar surface area (TPSA) is 70.9 Å². The number of rotatable bonds is 1. The third-order valence-corrected chi connectivity index (χ3v) is 2.24. The van der Waals surface area contributed by atoms with Crippen LogP contribution in [0, 0.1) is 0 Å². The van der Waals surface area contributed by atoms with Crippen LogP contribution < -0.4 is 5.32 Å². The molecule has 0 spiro atoms. The molecule has 0 aliphatic carbocycles. The predicted octanol–water partition coefficient (Wildman–Crippen LogP) is 0.697. The Labute approximate surface area is 80.6 Å². The van der Waals surface area contributed by atoms with E-state index >= 15 is 0 Å². The van der Waals surface area contributed by atoms with Crippen LogP contribution >= 0.6 is 0 Å². The molecule has 2 aliphatic rings. The van der Waals surface area contributed by atoms with Gasteiger partial charge in [-0.25, -0.2) is 0 Å². The summed E-state index contributed by atoms with van der Waals surface area (Å²) in [5.41, 5.74) is 1.71. The summed E-state index contributed by atoms with van der Waals surface area (Å²) in [7, 11) is 0. The fourth-order valence-electron chi connectivity index (χ4n) is 1.51. The zero-order valence-corrected chi connectivity index (χ0v) is 7.87. The van der Waals surface area contributed by atoms with E-state index in [-0.39, 0.29) is 11.7 Å². The van der Waals surface area contributed by atoms with Crippen molar-refractivity contribution in [2.45, 2.75) is 20.0 Å². The number of ketones is 1. The second kappa shape index (κ2) is 2.87. The van der Waals surface area contributed by atoms with Gasteiger partial charge in [0.25, 0.3) is 5.91 Å². The first kappa shape index (κ1) is 8.80. The Balaban J connectivity index is 2.44.